The number of piperidine rings is 1. The Morgan fingerprint density at radius 1 is 1.00 bits per heavy atom. The van der Waals surface area contributed by atoms with Gasteiger partial charge < -0.3 is 9.80 Å². The van der Waals surface area contributed by atoms with Gasteiger partial charge in [-0.15, -0.1) is 0 Å². The molecule has 2 unspecified atom stereocenters. The zero-order valence-electron chi connectivity index (χ0n) is 17.4. The van der Waals surface area contributed by atoms with Gasteiger partial charge in [-0.1, -0.05) is 13.8 Å². The fourth-order valence-corrected chi connectivity index (χ4v) is 4.51. The minimum Gasteiger partial charge on any atom is -0.332 e. The Morgan fingerprint density at radius 2 is 1.54 bits per heavy atom. The number of anilines is 1. The minimum absolute atomic E-state index is 0.505. The number of likely N-dealkylation sites (tertiary alicyclic amines) is 1. The van der Waals surface area contributed by atoms with E-state index in [-0.39, 0.29) is 0 Å². The van der Waals surface area contributed by atoms with Crippen molar-refractivity contribution < 1.29 is 0 Å². The lowest BCUT2D eigenvalue weighted by Gasteiger charge is -2.48. The SMILES string of the molecule is CCC1CN(C(C)C)CC(CC)N1c1ncc(C2CCN(C)CC2)cn1. The first-order valence-electron chi connectivity index (χ1n) is 10.6. The highest BCUT2D eigenvalue weighted by atomic mass is 15.4. The van der Waals surface area contributed by atoms with Crippen LogP contribution in [0.1, 0.15) is 64.9 Å². The van der Waals surface area contributed by atoms with Crippen LogP contribution in [0.2, 0.25) is 0 Å². The van der Waals surface area contributed by atoms with Crippen molar-refractivity contribution in [3.05, 3.63) is 18.0 Å². The van der Waals surface area contributed by atoms with Gasteiger partial charge in [-0.05, 0) is 71.1 Å². The molecule has 3 rings (SSSR count). The van der Waals surface area contributed by atoms with Gasteiger partial charge in [0.25, 0.3) is 0 Å². The fourth-order valence-electron chi connectivity index (χ4n) is 4.51. The number of nitrogens with zero attached hydrogens (tertiary/aromatic N) is 5. The Hall–Kier alpha value is -1.20. The summed E-state index contributed by atoms with van der Waals surface area (Å²) in [5.74, 6) is 1.56. The summed E-state index contributed by atoms with van der Waals surface area (Å²) in [7, 11) is 2.21. The van der Waals surface area contributed by atoms with Gasteiger partial charge in [0.2, 0.25) is 5.95 Å². The molecule has 5 heteroatoms. The van der Waals surface area contributed by atoms with Gasteiger partial charge in [-0.2, -0.15) is 0 Å². The smallest absolute Gasteiger partial charge is 0.225 e. The Morgan fingerprint density at radius 3 is 2.00 bits per heavy atom. The fraction of sp³-hybridized carbons (Fsp3) is 0.810. The van der Waals surface area contributed by atoms with Gasteiger partial charge in [0.1, 0.15) is 0 Å². The van der Waals surface area contributed by atoms with Crippen molar-refractivity contribution >= 4 is 5.95 Å². The summed E-state index contributed by atoms with van der Waals surface area (Å²) in [5, 5.41) is 0. The second kappa shape index (κ2) is 8.66. The number of aromatic nitrogens is 2. The molecule has 0 saturated carbocycles. The van der Waals surface area contributed by atoms with Crippen molar-refractivity contribution in [3.8, 4) is 0 Å². The van der Waals surface area contributed by atoms with Crippen molar-refractivity contribution in [2.24, 2.45) is 0 Å². The molecule has 0 radical (unpaired) electrons. The summed E-state index contributed by atoms with van der Waals surface area (Å²) in [4.78, 5) is 17.2. The first-order chi connectivity index (χ1) is 12.5. The van der Waals surface area contributed by atoms with Gasteiger partial charge in [-0.3, -0.25) is 4.90 Å². The number of hydrogen-bond donors (Lipinski definition) is 0. The van der Waals surface area contributed by atoms with E-state index in [0.29, 0.717) is 24.0 Å². The zero-order valence-corrected chi connectivity index (χ0v) is 17.4. The molecule has 2 atom stereocenters. The molecule has 2 aliphatic rings. The van der Waals surface area contributed by atoms with E-state index in [9.17, 15) is 0 Å². The molecular weight excluding hydrogens is 322 g/mol. The first-order valence-corrected chi connectivity index (χ1v) is 10.6. The quantitative estimate of drug-likeness (QED) is 0.805. The molecule has 0 bridgehead atoms. The summed E-state index contributed by atoms with van der Waals surface area (Å²) in [6, 6.07) is 1.61. The van der Waals surface area contributed by atoms with Crippen molar-refractivity contribution in [1.82, 2.24) is 19.8 Å². The summed E-state index contributed by atoms with van der Waals surface area (Å²) < 4.78 is 0. The second-order valence-corrected chi connectivity index (χ2v) is 8.47. The molecule has 3 heterocycles. The van der Waals surface area contributed by atoms with Crippen molar-refractivity contribution in [1.29, 1.82) is 0 Å². The largest absolute Gasteiger partial charge is 0.332 e. The maximum Gasteiger partial charge on any atom is 0.225 e. The Balaban J connectivity index is 1.76. The monoisotopic (exact) mass is 359 g/mol. The Kier molecular flexibility index (Phi) is 6.51. The molecule has 2 saturated heterocycles. The average molecular weight is 360 g/mol. The van der Waals surface area contributed by atoms with Crippen LogP contribution < -0.4 is 4.90 Å². The van der Waals surface area contributed by atoms with Crippen LogP contribution in [0.15, 0.2) is 12.4 Å². The van der Waals surface area contributed by atoms with Crippen LogP contribution in [0.4, 0.5) is 5.95 Å². The molecule has 146 valence electrons. The predicted octanol–water partition coefficient (Wildman–Crippen LogP) is 3.37. The maximum absolute atomic E-state index is 4.85. The van der Waals surface area contributed by atoms with Gasteiger partial charge in [-0.25, -0.2) is 9.97 Å². The highest BCUT2D eigenvalue weighted by molar-refractivity contribution is 5.36. The van der Waals surface area contributed by atoms with E-state index in [2.05, 4.69) is 61.8 Å². The summed E-state index contributed by atoms with van der Waals surface area (Å²) in [6.45, 7) is 13.8. The Labute approximate surface area is 159 Å². The van der Waals surface area contributed by atoms with Gasteiger partial charge in [0, 0.05) is 43.6 Å². The van der Waals surface area contributed by atoms with Crippen molar-refractivity contribution in [3.63, 3.8) is 0 Å². The molecule has 0 amide bonds. The molecule has 0 aliphatic carbocycles. The zero-order chi connectivity index (χ0) is 18.7. The van der Waals surface area contributed by atoms with Crippen LogP contribution >= 0.6 is 0 Å². The van der Waals surface area contributed by atoms with Crippen LogP contribution in [0.5, 0.6) is 0 Å². The lowest BCUT2D eigenvalue weighted by Crippen LogP contribution is -2.60. The van der Waals surface area contributed by atoms with Crippen LogP contribution in [0, 0.1) is 0 Å². The molecular formula is C21H37N5. The van der Waals surface area contributed by atoms with Crippen LogP contribution in [-0.4, -0.2) is 71.1 Å². The molecule has 5 nitrogen and oxygen atoms in total. The molecule has 0 spiro atoms. The van der Waals surface area contributed by atoms with E-state index < -0.39 is 0 Å². The maximum atomic E-state index is 4.85. The molecule has 0 aromatic carbocycles. The highest BCUT2D eigenvalue weighted by Crippen LogP contribution is 2.29. The minimum atomic E-state index is 0.505. The summed E-state index contributed by atoms with van der Waals surface area (Å²) in [6.07, 6.45) is 8.93. The van der Waals surface area contributed by atoms with Gasteiger partial charge in [0.15, 0.2) is 0 Å². The van der Waals surface area contributed by atoms with Gasteiger partial charge in [0.05, 0.1) is 0 Å². The van der Waals surface area contributed by atoms with E-state index in [1.807, 2.05) is 0 Å². The third-order valence-electron chi connectivity index (χ3n) is 6.43. The van der Waals surface area contributed by atoms with E-state index in [1.165, 1.54) is 31.5 Å². The van der Waals surface area contributed by atoms with E-state index in [1.54, 1.807) is 0 Å². The topological polar surface area (TPSA) is 35.5 Å². The van der Waals surface area contributed by atoms with E-state index in [0.717, 1.165) is 31.9 Å². The molecule has 26 heavy (non-hydrogen) atoms. The summed E-state index contributed by atoms with van der Waals surface area (Å²) in [5.41, 5.74) is 1.32. The first kappa shape index (κ1) is 19.6. The molecule has 1 aromatic rings. The molecule has 2 aliphatic heterocycles. The lowest BCUT2D eigenvalue weighted by molar-refractivity contribution is 0.147. The van der Waals surface area contributed by atoms with Crippen molar-refractivity contribution in [2.75, 3.05) is 38.1 Å². The molecule has 2 fully saturated rings. The second-order valence-electron chi connectivity index (χ2n) is 8.47. The third kappa shape index (κ3) is 4.20. The van der Waals surface area contributed by atoms with E-state index in [4.69, 9.17) is 9.97 Å². The van der Waals surface area contributed by atoms with Crippen LogP contribution in [0.25, 0.3) is 0 Å². The normalized spacial score (nSPS) is 26.6. The predicted molar refractivity (Wildman–Crippen MR) is 109 cm³/mol. The standard InChI is InChI=1S/C21H37N5/c1-6-19-14-25(16(3)4)15-20(7-2)26(19)21-22-12-18(13-23-21)17-8-10-24(5)11-9-17/h12-13,16-17,19-20H,6-11,14-15H2,1-5H3. The Bertz CT molecular complexity index is 536. The number of piperazine rings is 1. The van der Waals surface area contributed by atoms with Crippen LogP contribution in [-0.2, 0) is 0 Å². The molecule has 0 N–H and O–H groups in total. The van der Waals surface area contributed by atoms with Crippen LogP contribution in [0.3, 0.4) is 0 Å². The lowest BCUT2D eigenvalue weighted by atomic mass is 9.91. The third-order valence-corrected chi connectivity index (χ3v) is 6.43. The van der Waals surface area contributed by atoms with Crippen molar-refractivity contribution in [2.45, 2.75) is 77.4 Å². The number of rotatable bonds is 5. The summed E-state index contributed by atoms with van der Waals surface area (Å²) >= 11 is 0. The number of hydrogen-bond acceptors (Lipinski definition) is 5. The van der Waals surface area contributed by atoms with E-state index >= 15 is 0 Å². The highest BCUT2D eigenvalue weighted by Gasteiger charge is 2.35. The molecule has 1 aromatic heterocycles. The average Bonchev–Trinajstić information content (AvgIpc) is 2.67. The van der Waals surface area contributed by atoms with Gasteiger partial charge >= 0.3 is 0 Å².